The van der Waals surface area contributed by atoms with Crippen molar-refractivity contribution in [3.05, 3.63) is 76.8 Å². The zero-order chi connectivity index (χ0) is 27.1. The Morgan fingerprint density at radius 3 is 2.86 bits per heavy atom. The topological polar surface area (TPSA) is 145 Å². The molecule has 2 aromatic carbocycles. The summed E-state index contributed by atoms with van der Waals surface area (Å²) in [5.41, 5.74) is 0.447. The first kappa shape index (κ1) is 20.6. The second-order valence-corrected chi connectivity index (χ2v) is 8.13. The number of aromatic nitrogens is 6. The van der Waals surface area contributed by atoms with Gasteiger partial charge < -0.3 is 24.9 Å². The Labute approximate surface area is 211 Å². The van der Waals surface area contributed by atoms with Crippen LogP contribution < -0.4 is 16.2 Å². The number of hydrogen-bond donors (Lipinski definition) is 3. The standard InChI is InChI=1S/C24H21FN8O4/c25-19-17(7-6-15-20(19)33-13-36-9-8-32(33)23(15)35)29-24-26-10-16(22-31-27-12-37-22)21(30-24)28-18(11-34)14-4-2-1-3-5-14/h1-7,10,12,18,34H,8-9,11,13H2,(H2,26,28,29,30)/t18-/m1/s1/i11D2. The Bertz CT molecular complexity index is 1700. The molecule has 0 radical (unpaired) electrons. The van der Waals surface area contributed by atoms with Gasteiger partial charge in [-0.25, -0.2) is 14.1 Å². The van der Waals surface area contributed by atoms with E-state index in [0.717, 1.165) is 6.39 Å². The van der Waals surface area contributed by atoms with Crippen molar-refractivity contribution in [1.29, 1.82) is 0 Å². The van der Waals surface area contributed by atoms with Gasteiger partial charge in [-0.3, -0.25) is 9.48 Å². The molecule has 3 aromatic heterocycles. The second-order valence-electron chi connectivity index (χ2n) is 8.13. The van der Waals surface area contributed by atoms with E-state index in [1.54, 1.807) is 30.3 Å². The van der Waals surface area contributed by atoms with Gasteiger partial charge in [-0.1, -0.05) is 30.3 Å². The van der Waals surface area contributed by atoms with E-state index in [2.05, 4.69) is 30.8 Å². The van der Waals surface area contributed by atoms with Crippen LogP contribution in [0.25, 0.3) is 22.4 Å². The van der Waals surface area contributed by atoms with E-state index in [4.69, 9.17) is 11.9 Å². The minimum Gasteiger partial charge on any atom is -0.423 e. The molecular weight excluding hydrogens is 483 g/mol. The van der Waals surface area contributed by atoms with Crippen LogP contribution in [0.2, 0.25) is 0 Å². The normalized spacial score (nSPS) is 15.1. The number of anilines is 3. The minimum absolute atomic E-state index is 0.00237. The fourth-order valence-corrected chi connectivity index (χ4v) is 4.21. The van der Waals surface area contributed by atoms with Crippen molar-refractivity contribution in [2.45, 2.75) is 19.3 Å². The lowest BCUT2D eigenvalue weighted by Gasteiger charge is -2.19. The fourth-order valence-electron chi connectivity index (χ4n) is 4.21. The monoisotopic (exact) mass is 506 g/mol. The van der Waals surface area contributed by atoms with E-state index >= 15 is 4.39 Å². The van der Waals surface area contributed by atoms with E-state index in [1.165, 1.54) is 27.7 Å². The number of nitrogens with zero attached hydrogens (tertiary/aromatic N) is 6. The number of ether oxygens (including phenoxy) is 1. The van der Waals surface area contributed by atoms with Crippen molar-refractivity contribution >= 4 is 28.4 Å². The molecule has 0 bridgehead atoms. The Kier molecular flexibility index (Phi) is 5.25. The number of hydrogen-bond acceptors (Lipinski definition) is 10. The molecule has 12 nitrogen and oxygen atoms in total. The summed E-state index contributed by atoms with van der Waals surface area (Å²) in [6, 6.07) is 10.1. The summed E-state index contributed by atoms with van der Waals surface area (Å²) >= 11 is 0. The Hall–Kier alpha value is -4.62. The van der Waals surface area contributed by atoms with Crippen LogP contribution in [0.15, 0.2) is 64.3 Å². The third-order valence-corrected chi connectivity index (χ3v) is 5.96. The van der Waals surface area contributed by atoms with E-state index in [1.807, 2.05) is 0 Å². The van der Waals surface area contributed by atoms with Gasteiger partial charge in [0.2, 0.25) is 12.3 Å². The van der Waals surface area contributed by atoms with Crippen LogP contribution in [0.4, 0.5) is 21.8 Å². The minimum atomic E-state index is -2.70. The Morgan fingerprint density at radius 1 is 1.22 bits per heavy atom. The maximum Gasteiger partial charge on any atom is 0.274 e. The van der Waals surface area contributed by atoms with Gasteiger partial charge in [-0.05, 0) is 17.7 Å². The quantitative estimate of drug-likeness (QED) is 0.301. The molecule has 6 rings (SSSR count). The van der Waals surface area contributed by atoms with Gasteiger partial charge in [0, 0.05) is 6.20 Å². The highest BCUT2D eigenvalue weighted by atomic mass is 19.1. The van der Waals surface area contributed by atoms with E-state index in [9.17, 15) is 9.90 Å². The second kappa shape index (κ2) is 9.44. The summed E-state index contributed by atoms with van der Waals surface area (Å²) < 4.78 is 45.2. The van der Waals surface area contributed by atoms with Crippen molar-refractivity contribution < 1.29 is 21.4 Å². The number of nitrogens with one attached hydrogen (secondary N) is 2. The average molecular weight is 506 g/mol. The highest BCUT2D eigenvalue weighted by molar-refractivity contribution is 5.84. The summed E-state index contributed by atoms with van der Waals surface area (Å²) in [5.74, 6) is -0.666. The highest BCUT2D eigenvalue weighted by Crippen LogP contribution is 2.31. The third-order valence-electron chi connectivity index (χ3n) is 5.96. The first-order valence-corrected chi connectivity index (χ1v) is 11.3. The lowest BCUT2D eigenvalue weighted by Crippen LogP contribution is -2.30. The molecule has 0 aliphatic carbocycles. The summed E-state index contributed by atoms with van der Waals surface area (Å²) in [6.07, 6.45) is 2.45. The first-order chi connectivity index (χ1) is 18.8. The molecule has 0 saturated heterocycles. The smallest absolute Gasteiger partial charge is 0.274 e. The molecule has 3 N–H and O–H groups in total. The van der Waals surface area contributed by atoms with Gasteiger partial charge in [0.15, 0.2) is 5.82 Å². The van der Waals surface area contributed by atoms with E-state index in [-0.39, 0.29) is 52.1 Å². The predicted molar refractivity (Wildman–Crippen MR) is 131 cm³/mol. The van der Waals surface area contributed by atoms with Crippen LogP contribution in [0.1, 0.15) is 14.3 Å². The van der Waals surface area contributed by atoms with Crippen molar-refractivity contribution in [3.63, 3.8) is 0 Å². The van der Waals surface area contributed by atoms with Crippen molar-refractivity contribution in [2.24, 2.45) is 0 Å². The van der Waals surface area contributed by atoms with Gasteiger partial charge in [0.05, 0.1) is 45.1 Å². The molecule has 1 aliphatic rings. The molecule has 37 heavy (non-hydrogen) atoms. The molecule has 0 amide bonds. The molecule has 188 valence electrons. The molecule has 5 aromatic rings. The maximum atomic E-state index is 15.7. The van der Waals surface area contributed by atoms with Crippen LogP contribution in [0.5, 0.6) is 0 Å². The van der Waals surface area contributed by atoms with Crippen molar-refractivity contribution in [1.82, 2.24) is 29.5 Å². The average Bonchev–Trinajstić information content (AvgIpc) is 3.56. The largest absolute Gasteiger partial charge is 0.423 e. The van der Waals surface area contributed by atoms with Crippen molar-refractivity contribution in [3.8, 4) is 11.5 Å². The molecule has 1 atom stereocenters. The molecule has 4 heterocycles. The number of fused-ring (bicyclic) bond motifs is 3. The fraction of sp³-hybridized carbons (Fsp3) is 0.208. The molecule has 1 aliphatic heterocycles. The van der Waals surface area contributed by atoms with Gasteiger partial charge >= 0.3 is 0 Å². The molecule has 0 fully saturated rings. The highest BCUT2D eigenvalue weighted by Gasteiger charge is 2.23. The van der Waals surface area contributed by atoms with Gasteiger partial charge in [-0.2, -0.15) is 4.98 Å². The number of benzene rings is 2. The zero-order valence-corrected chi connectivity index (χ0v) is 19.1. The zero-order valence-electron chi connectivity index (χ0n) is 21.1. The lowest BCUT2D eigenvalue weighted by atomic mass is 10.1. The van der Waals surface area contributed by atoms with E-state index in [0.29, 0.717) is 18.7 Å². The Balaban J connectivity index is 1.41. The van der Waals surface area contributed by atoms with Gasteiger partial charge in [-0.15, -0.1) is 10.2 Å². The summed E-state index contributed by atoms with van der Waals surface area (Å²) in [6.45, 7) is -2.00. The summed E-state index contributed by atoms with van der Waals surface area (Å²) in [7, 11) is 0. The number of halogens is 1. The van der Waals surface area contributed by atoms with E-state index < -0.39 is 18.4 Å². The van der Waals surface area contributed by atoms with Crippen LogP contribution in [-0.2, 0) is 18.0 Å². The summed E-state index contributed by atoms with van der Waals surface area (Å²) in [5, 5.41) is 23.8. The Morgan fingerprint density at radius 2 is 2.08 bits per heavy atom. The van der Waals surface area contributed by atoms with Crippen molar-refractivity contribution in [2.75, 3.05) is 23.8 Å². The lowest BCUT2D eigenvalue weighted by molar-refractivity contribution is 0.0176. The van der Waals surface area contributed by atoms with Crippen LogP contribution in [-0.4, -0.2) is 47.8 Å². The molecule has 0 unspecified atom stereocenters. The van der Waals surface area contributed by atoms with Crippen LogP contribution in [0.3, 0.4) is 0 Å². The summed E-state index contributed by atoms with van der Waals surface area (Å²) in [4.78, 5) is 21.3. The number of aliphatic hydroxyl groups is 1. The molecule has 0 saturated carbocycles. The molecular formula is C24H21FN8O4. The maximum absolute atomic E-state index is 15.7. The van der Waals surface area contributed by atoms with Gasteiger partial charge in [0.25, 0.3) is 11.4 Å². The van der Waals surface area contributed by atoms with Crippen LogP contribution >= 0.6 is 0 Å². The third kappa shape index (κ3) is 4.09. The molecule has 13 heteroatoms. The predicted octanol–water partition coefficient (Wildman–Crippen LogP) is 2.66. The first-order valence-electron chi connectivity index (χ1n) is 12.3. The molecule has 0 spiro atoms. The van der Waals surface area contributed by atoms with Crippen LogP contribution in [0, 0.1) is 5.82 Å². The SMILES string of the molecule is [2H]C([2H])(O)[C@@H](Nc1nc(Nc2ccc3c(=O)n4n(c3c2F)COCC4)ncc1-c1nnco1)c1ccccc1. The number of rotatable bonds is 7. The van der Waals surface area contributed by atoms with Gasteiger partial charge in [0.1, 0.15) is 18.1 Å².